The SMILES string of the molecule is CCCC1CCC(C2CCC(C3CCC(COC4=CC=C(CC)C(F)(F)C4(F)F)CC3)CC2)CC1. The van der Waals surface area contributed by atoms with E-state index in [0.717, 1.165) is 67.4 Å². The molecule has 0 aromatic carbocycles. The molecular weight excluding hydrogens is 452 g/mol. The molecule has 4 aliphatic carbocycles. The van der Waals surface area contributed by atoms with Crippen molar-refractivity contribution in [2.24, 2.45) is 35.5 Å². The van der Waals surface area contributed by atoms with E-state index < -0.39 is 23.2 Å². The lowest BCUT2D eigenvalue weighted by Gasteiger charge is -2.41. The quantitative estimate of drug-likeness (QED) is 0.303. The molecule has 0 aromatic rings. The second-order valence-corrected chi connectivity index (χ2v) is 12.1. The van der Waals surface area contributed by atoms with Gasteiger partial charge in [0.25, 0.3) is 0 Å². The third kappa shape index (κ3) is 5.95. The predicted octanol–water partition coefficient (Wildman–Crippen LogP) is 9.73. The highest BCUT2D eigenvalue weighted by Gasteiger charge is 2.63. The normalized spacial score (nSPS) is 37.3. The Morgan fingerprint density at radius 2 is 1.11 bits per heavy atom. The van der Waals surface area contributed by atoms with Crippen LogP contribution in [-0.2, 0) is 4.74 Å². The van der Waals surface area contributed by atoms with E-state index in [1.54, 1.807) is 0 Å². The number of halogens is 4. The van der Waals surface area contributed by atoms with Crippen LogP contribution >= 0.6 is 0 Å². The molecule has 0 amide bonds. The molecule has 1 nitrogen and oxygen atoms in total. The minimum atomic E-state index is -4.27. The molecule has 35 heavy (non-hydrogen) atoms. The molecule has 0 atom stereocenters. The number of allylic oxidation sites excluding steroid dienone is 4. The van der Waals surface area contributed by atoms with Gasteiger partial charge in [-0.3, -0.25) is 0 Å². The van der Waals surface area contributed by atoms with Crippen molar-refractivity contribution in [1.82, 2.24) is 0 Å². The second-order valence-electron chi connectivity index (χ2n) is 12.1. The first-order valence-corrected chi connectivity index (χ1v) is 14.6. The summed E-state index contributed by atoms with van der Waals surface area (Å²) >= 11 is 0. The summed E-state index contributed by atoms with van der Waals surface area (Å²) in [6.07, 6.45) is 20.2. The Labute approximate surface area is 210 Å². The Morgan fingerprint density at radius 3 is 1.57 bits per heavy atom. The van der Waals surface area contributed by atoms with Crippen molar-refractivity contribution in [2.45, 2.75) is 122 Å². The number of hydrogen-bond acceptors (Lipinski definition) is 1. The van der Waals surface area contributed by atoms with E-state index in [4.69, 9.17) is 4.74 Å². The summed E-state index contributed by atoms with van der Waals surface area (Å²) in [5, 5.41) is 0. The summed E-state index contributed by atoms with van der Waals surface area (Å²) in [7, 11) is 0. The number of alkyl halides is 4. The summed E-state index contributed by atoms with van der Waals surface area (Å²) in [5.41, 5.74) is -0.533. The van der Waals surface area contributed by atoms with Crippen molar-refractivity contribution < 1.29 is 22.3 Å². The molecule has 5 heteroatoms. The maximum atomic E-state index is 14.4. The van der Waals surface area contributed by atoms with Gasteiger partial charge in [0.2, 0.25) is 0 Å². The molecule has 0 aromatic heterocycles. The molecule has 4 aliphatic rings. The fourth-order valence-electron chi connectivity index (χ4n) is 7.70. The van der Waals surface area contributed by atoms with Crippen LogP contribution in [0, 0.1) is 35.5 Å². The Hall–Kier alpha value is -1.00. The minimum Gasteiger partial charge on any atom is -0.491 e. The van der Waals surface area contributed by atoms with Crippen molar-refractivity contribution in [3.63, 3.8) is 0 Å². The molecule has 0 heterocycles. The molecule has 3 saturated carbocycles. The highest BCUT2D eigenvalue weighted by molar-refractivity contribution is 5.35. The molecule has 0 bridgehead atoms. The van der Waals surface area contributed by atoms with Crippen LogP contribution in [0.4, 0.5) is 17.6 Å². The standard InChI is InChI=1S/C30H46F4O/c1-3-5-21-6-10-23(11-7-21)25-14-16-26(17-15-25)24-12-8-22(9-13-24)20-35-28-19-18-27(4-2)29(31,32)30(28,33)34/h18-19,21-26H,3-17,20H2,1-2H3. The first-order valence-electron chi connectivity index (χ1n) is 14.6. The van der Waals surface area contributed by atoms with E-state index in [9.17, 15) is 17.6 Å². The van der Waals surface area contributed by atoms with Crippen LogP contribution in [0.15, 0.2) is 23.5 Å². The van der Waals surface area contributed by atoms with Crippen molar-refractivity contribution in [3.05, 3.63) is 23.5 Å². The highest BCUT2D eigenvalue weighted by atomic mass is 19.3. The maximum absolute atomic E-state index is 14.4. The zero-order valence-electron chi connectivity index (χ0n) is 21.9. The van der Waals surface area contributed by atoms with E-state index in [1.165, 1.54) is 71.1 Å². The molecular formula is C30H46F4O. The Morgan fingerprint density at radius 1 is 0.657 bits per heavy atom. The summed E-state index contributed by atoms with van der Waals surface area (Å²) < 4.78 is 62.4. The second kappa shape index (κ2) is 11.6. The third-order valence-corrected chi connectivity index (χ3v) is 10.0. The van der Waals surface area contributed by atoms with Crippen molar-refractivity contribution in [2.75, 3.05) is 6.61 Å². The predicted molar refractivity (Wildman–Crippen MR) is 134 cm³/mol. The van der Waals surface area contributed by atoms with Crippen LogP contribution < -0.4 is 0 Å². The lowest BCUT2D eigenvalue weighted by atomic mass is 9.65. The van der Waals surface area contributed by atoms with Gasteiger partial charge in [-0.1, -0.05) is 45.6 Å². The van der Waals surface area contributed by atoms with Gasteiger partial charge >= 0.3 is 11.8 Å². The highest BCUT2D eigenvalue weighted by Crippen LogP contribution is 2.49. The number of rotatable bonds is 8. The molecule has 4 rings (SSSR count). The Bertz CT molecular complexity index is 733. The molecule has 0 unspecified atom stereocenters. The van der Waals surface area contributed by atoms with Gasteiger partial charge in [-0.05, 0) is 112 Å². The van der Waals surface area contributed by atoms with Gasteiger partial charge < -0.3 is 4.74 Å². The lowest BCUT2D eigenvalue weighted by molar-refractivity contribution is -0.188. The zero-order valence-corrected chi connectivity index (χ0v) is 21.9. The molecule has 3 fully saturated rings. The van der Waals surface area contributed by atoms with E-state index in [2.05, 4.69) is 6.92 Å². The van der Waals surface area contributed by atoms with Gasteiger partial charge in [-0.25, -0.2) is 0 Å². The molecule has 0 aliphatic heterocycles. The van der Waals surface area contributed by atoms with E-state index >= 15 is 0 Å². The summed E-state index contributed by atoms with van der Waals surface area (Å²) in [6.45, 7) is 3.90. The summed E-state index contributed by atoms with van der Waals surface area (Å²) in [4.78, 5) is 0. The minimum absolute atomic E-state index is 0.0988. The van der Waals surface area contributed by atoms with Crippen molar-refractivity contribution >= 4 is 0 Å². The maximum Gasteiger partial charge on any atom is 0.369 e. The fraction of sp³-hybridized carbons (Fsp3) is 0.867. The monoisotopic (exact) mass is 498 g/mol. The van der Waals surface area contributed by atoms with Gasteiger partial charge in [0.05, 0.1) is 6.61 Å². The Kier molecular flexibility index (Phi) is 8.95. The molecule has 200 valence electrons. The first kappa shape index (κ1) is 27.0. The van der Waals surface area contributed by atoms with Gasteiger partial charge in [-0.2, -0.15) is 17.6 Å². The Balaban J connectivity index is 1.18. The van der Waals surface area contributed by atoms with Crippen molar-refractivity contribution in [3.8, 4) is 0 Å². The summed E-state index contributed by atoms with van der Waals surface area (Å²) in [6, 6.07) is 0. The topological polar surface area (TPSA) is 9.23 Å². The molecule has 0 spiro atoms. The molecule has 0 radical (unpaired) electrons. The van der Waals surface area contributed by atoms with Crippen LogP contribution in [0.5, 0.6) is 0 Å². The lowest BCUT2D eigenvalue weighted by Crippen LogP contribution is -2.46. The molecule has 0 N–H and O–H groups in total. The van der Waals surface area contributed by atoms with Gasteiger partial charge in [0.15, 0.2) is 5.76 Å². The zero-order chi connectivity index (χ0) is 25.1. The van der Waals surface area contributed by atoms with Gasteiger partial charge in [0.1, 0.15) is 0 Å². The summed E-state index contributed by atoms with van der Waals surface area (Å²) in [5.74, 6) is -4.70. The van der Waals surface area contributed by atoms with Crippen LogP contribution in [-0.4, -0.2) is 18.5 Å². The average molecular weight is 499 g/mol. The van der Waals surface area contributed by atoms with Crippen LogP contribution in [0.3, 0.4) is 0 Å². The first-order chi connectivity index (χ1) is 16.8. The fourth-order valence-corrected chi connectivity index (χ4v) is 7.70. The molecule has 0 saturated heterocycles. The van der Waals surface area contributed by atoms with Crippen LogP contribution in [0.1, 0.15) is 110 Å². The van der Waals surface area contributed by atoms with Crippen LogP contribution in [0.2, 0.25) is 0 Å². The van der Waals surface area contributed by atoms with Crippen LogP contribution in [0.25, 0.3) is 0 Å². The third-order valence-electron chi connectivity index (χ3n) is 10.0. The average Bonchev–Trinajstić information content (AvgIpc) is 2.86. The number of hydrogen-bond donors (Lipinski definition) is 0. The smallest absolute Gasteiger partial charge is 0.369 e. The van der Waals surface area contributed by atoms with Crippen molar-refractivity contribution in [1.29, 1.82) is 0 Å². The van der Waals surface area contributed by atoms with Gasteiger partial charge in [-0.15, -0.1) is 0 Å². The van der Waals surface area contributed by atoms with E-state index in [-0.39, 0.29) is 18.9 Å². The number of ether oxygens (including phenoxy) is 1. The van der Waals surface area contributed by atoms with E-state index in [1.807, 2.05) is 0 Å². The van der Waals surface area contributed by atoms with E-state index in [0.29, 0.717) is 0 Å². The largest absolute Gasteiger partial charge is 0.491 e. The van der Waals surface area contributed by atoms with Gasteiger partial charge in [0, 0.05) is 5.57 Å².